The van der Waals surface area contributed by atoms with Gasteiger partial charge >= 0.3 is 0 Å². The third-order valence-corrected chi connectivity index (χ3v) is 12.8. The van der Waals surface area contributed by atoms with E-state index in [1.54, 1.807) is 0 Å². The van der Waals surface area contributed by atoms with Crippen LogP contribution < -0.4 is 0 Å². The zero-order valence-corrected chi connectivity index (χ0v) is 35.7. The average Bonchev–Trinajstić information content (AvgIpc) is 3.17. The summed E-state index contributed by atoms with van der Waals surface area (Å²) in [7, 11) is 0. The molecule has 0 unspecified atom stereocenters. The van der Waals surface area contributed by atoms with E-state index in [-0.39, 0.29) is 11.8 Å². The molecule has 56 heavy (non-hydrogen) atoms. The van der Waals surface area contributed by atoms with E-state index in [9.17, 15) is 0 Å². The van der Waals surface area contributed by atoms with Gasteiger partial charge in [0.2, 0.25) is 0 Å². The summed E-state index contributed by atoms with van der Waals surface area (Å²) in [5.74, 6) is 0.343. The summed E-state index contributed by atoms with van der Waals surface area (Å²) in [6.07, 6.45) is 0. The first kappa shape index (κ1) is 38.8. The summed E-state index contributed by atoms with van der Waals surface area (Å²) in [5, 5.41) is 0. The van der Waals surface area contributed by atoms with Crippen LogP contribution in [0.4, 0.5) is 0 Å². The van der Waals surface area contributed by atoms with Gasteiger partial charge in [-0.2, -0.15) is 0 Å². The Bertz CT molecular complexity index is 2260. The summed E-state index contributed by atoms with van der Waals surface area (Å²) in [6, 6.07) is 46.8. The second kappa shape index (κ2) is 15.6. The number of aryl methyl sites for hydroxylation is 12. The Morgan fingerprint density at radius 1 is 0.214 bits per heavy atom. The lowest BCUT2D eigenvalue weighted by Crippen LogP contribution is -2.09. The lowest BCUT2D eigenvalue weighted by atomic mass is 9.79. The summed E-state index contributed by atoms with van der Waals surface area (Å²) in [4.78, 5) is 0. The fourth-order valence-corrected chi connectivity index (χ4v) is 8.82. The van der Waals surface area contributed by atoms with E-state index in [0.717, 1.165) is 0 Å². The Morgan fingerprint density at radius 2 is 0.393 bits per heavy atom. The van der Waals surface area contributed by atoms with Gasteiger partial charge in [0, 0.05) is 11.8 Å². The van der Waals surface area contributed by atoms with E-state index < -0.39 is 0 Å². The van der Waals surface area contributed by atoms with Crippen LogP contribution in [0.15, 0.2) is 121 Å². The van der Waals surface area contributed by atoms with Crippen molar-refractivity contribution >= 4 is 0 Å². The van der Waals surface area contributed by atoms with Gasteiger partial charge in [0.25, 0.3) is 0 Å². The molecule has 0 aromatic heterocycles. The molecule has 0 spiro atoms. The molecule has 0 N–H and O–H groups in total. The van der Waals surface area contributed by atoms with Gasteiger partial charge < -0.3 is 0 Å². The van der Waals surface area contributed by atoms with Crippen LogP contribution in [0, 0.1) is 83.1 Å². The Hall–Kier alpha value is -5.46. The van der Waals surface area contributed by atoms with E-state index in [4.69, 9.17) is 0 Å². The molecule has 0 heteroatoms. The standard InChI is InChI=1S/C56H58/c1-33-25-41(9)51(29-37(33)5)55(52-30-38(6)34(2)26-42(52)10)49-21-17-47(18-22-49)45-13-15-46(16-14-45)48-19-23-50(24-20-48)56(53-31-39(7)35(3)27-43(53)11)54-32-40(8)36(4)28-44(54)12/h13-32,55-56H,1-12H3. The van der Waals surface area contributed by atoms with Crippen molar-refractivity contribution < 1.29 is 0 Å². The Morgan fingerprint density at radius 3 is 0.607 bits per heavy atom. The molecule has 0 nitrogen and oxygen atoms in total. The molecule has 0 saturated heterocycles. The molecule has 0 atom stereocenters. The molecule has 0 aliphatic heterocycles. The molecule has 0 bridgehead atoms. The number of hydrogen-bond acceptors (Lipinski definition) is 0. The summed E-state index contributed by atoms with van der Waals surface area (Å²) < 4.78 is 0. The molecule has 0 heterocycles. The first-order valence-corrected chi connectivity index (χ1v) is 20.3. The van der Waals surface area contributed by atoms with Crippen LogP contribution in [0.25, 0.3) is 22.3 Å². The average molecular weight is 731 g/mol. The molecular weight excluding hydrogens is 673 g/mol. The summed E-state index contributed by atoms with van der Waals surface area (Å²) in [6.45, 7) is 26.9. The summed E-state index contributed by atoms with van der Waals surface area (Å²) in [5.41, 5.74) is 29.3. The van der Waals surface area contributed by atoms with Crippen molar-refractivity contribution in [3.05, 3.63) is 221 Å². The monoisotopic (exact) mass is 730 g/mol. The maximum Gasteiger partial charge on any atom is 0.0345 e. The highest BCUT2D eigenvalue weighted by Crippen LogP contribution is 2.40. The quantitative estimate of drug-likeness (QED) is 0.137. The predicted octanol–water partition coefficient (Wildman–Crippen LogP) is 15.1. The van der Waals surface area contributed by atoms with Crippen LogP contribution in [0.2, 0.25) is 0 Å². The highest BCUT2D eigenvalue weighted by atomic mass is 14.3. The molecule has 0 fully saturated rings. The van der Waals surface area contributed by atoms with Crippen molar-refractivity contribution in [2.75, 3.05) is 0 Å². The van der Waals surface area contributed by atoms with Crippen molar-refractivity contribution in [1.82, 2.24) is 0 Å². The predicted molar refractivity (Wildman–Crippen MR) is 242 cm³/mol. The van der Waals surface area contributed by atoms with Gasteiger partial charge in [-0.25, -0.2) is 0 Å². The van der Waals surface area contributed by atoms with Crippen LogP contribution in [-0.4, -0.2) is 0 Å². The van der Waals surface area contributed by atoms with Gasteiger partial charge in [-0.05, 0) is 205 Å². The van der Waals surface area contributed by atoms with Crippen LogP contribution in [0.3, 0.4) is 0 Å². The normalized spacial score (nSPS) is 11.5. The van der Waals surface area contributed by atoms with Gasteiger partial charge in [-0.3, -0.25) is 0 Å². The topological polar surface area (TPSA) is 0 Å². The van der Waals surface area contributed by atoms with Crippen LogP contribution in [0.1, 0.15) is 112 Å². The Kier molecular flexibility index (Phi) is 10.8. The maximum atomic E-state index is 2.41. The lowest BCUT2D eigenvalue weighted by Gasteiger charge is -2.25. The van der Waals surface area contributed by atoms with Gasteiger partial charge in [-0.15, -0.1) is 0 Å². The number of rotatable bonds is 8. The first-order valence-electron chi connectivity index (χ1n) is 20.3. The van der Waals surface area contributed by atoms with Gasteiger partial charge in [0.05, 0.1) is 0 Å². The van der Waals surface area contributed by atoms with Crippen molar-refractivity contribution in [3.8, 4) is 22.3 Å². The number of hydrogen-bond donors (Lipinski definition) is 0. The zero-order valence-electron chi connectivity index (χ0n) is 35.7. The van der Waals surface area contributed by atoms with Crippen molar-refractivity contribution in [2.45, 2.75) is 94.9 Å². The minimum absolute atomic E-state index is 0.172. The molecule has 0 aliphatic rings. The minimum atomic E-state index is 0.172. The van der Waals surface area contributed by atoms with Crippen molar-refractivity contribution in [2.24, 2.45) is 0 Å². The molecular formula is C56H58. The minimum Gasteiger partial charge on any atom is -0.0575 e. The second-order valence-electron chi connectivity index (χ2n) is 16.9. The fourth-order valence-electron chi connectivity index (χ4n) is 8.82. The first-order chi connectivity index (χ1) is 26.7. The molecule has 0 aliphatic carbocycles. The maximum absolute atomic E-state index is 2.41. The van der Waals surface area contributed by atoms with E-state index in [2.05, 4.69) is 204 Å². The molecule has 0 saturated carbocycles. The van der Waals surface area contributed by atoms with Gasteiger partial charge in [0.1, 0.15) is 0 Å². The molecule has 282 valence electrons. The van der Waals surface area contributed by atoms with E-state index >= 15 is 0 Å². The number of benzene rings is 7. The lowest BCUT2D eigenvalue weighted by molar-refractivity contribution is 0.939. The van der Waals surface area contributed by atoms with E-state index in [1.165, 1.54) is 122 Å². The van der Waals surface area contributed by atoms with Crippen molar-refractivity contribution in [3.63, 3.8) is 0 Å². The summed E-state index contributed by atoms with van der Waals surface area (Å²) >= 11 is 0. The van der Waals surface area contributed by atoms with Crippen LogP contribution in [0.5, 0.6) is 0 Å². The SMILES string of the molecule is Cc1cc(C)c(C(c2ccc(-c3ccc(-c4ccc(C(c5cc(C)c(C)cc5C)c5cc(C)c(C)cc5C)cc4)cc3)cc2)c2cc(C)c(C)cc2C)cc1C. The highest BCUT2D eigenvalue weighted by Gasteiger charge is 2.24. The molecule has 7 aromatic carbocycles. The fraction of sp³-hybridized carbons (Fsp3) is 0.250. The van der Waals surface area contributed by atoms with Crippen LogP contribution in [-0.2, 0) is 0 Å². The molecule has 0 amide bonds. The Balaban J connectivity index is 1.19. The third-order valence-electron chi connectivity index (χ3n) is 12.8. The zero-order chi connectivity index (χ0) is 40.0. The molecule has 0 radical (unpaired) electrons. The van der Waals surface area contributed by atoms with E-state index in [1.807, 2.05) is 0 Å². The highest BCUT2D eigenvalue weighted by molar-refractivity contribution is 5.71. The largest absolute Gasteiger partial charge is 0.0575 e. The second-order valence-corrected chi connectivity index (χ2v) is 16.9. The van der Waals surface area contributed by atoms with Crippen molar-refractivity contribution in [1.29, 1.82) is 0 Å². The van der Waals surface area contributed by atoms with E-state index in [0.29, 0.717) is 0 Å². The molecule has 7 aromatic rings. The van der Waals surface area contributed by atoms with Gasteiger partial charge in [0.15, 0.2) is 0 Å². The molecule has 7 rings (SSSR count). The smallest absolute Gasteiger partial charge is 0.0345 e. The van der Waals surface area contributed by atoms with Crippen LogP contribution >= 0.6 is 0 Å². The third kappa shape index (κ3) is 7.55. The Labute approximate surface area is 337 Å². The van der Waals surface area contributed by atoms with Gasteiger partial charge in [-0.1, -0.05) is 121 Å².